The lowest BCUT2D eigenvalue weighted by atomic mass is 9.81. The average molecular weight is 618 g/mol. The fourth-order valence-corrected chi connectivity index (χ4v) is 6.36. The van der Waals surface area contributed by atoms with Crippen LogP contribution < -0.4 is 15.5 Å². The van der Waals surface area contributed by atoms with Crippen LogP contribution in [0.2, 0.25) is 5.02 Å². The van der Waals surface area contributed by atoms with E-state index in [1.165, 1.54) is 30.5 Å². The van der Waals surface area contributed by atoms with E-state index in [0.29, 0.717) is 47.3 Å². The summed E-state index contributed by atoms with van der Waals surface area (Å²) in [7, 11) is 2.39. The van der Waals surface area contributed by atoms with Gasteiger partial charge in [-0.3, -0.25) is 9.69 Å². The first-order valence-electron chi connectivity index (χ1n) is 13.3. The van der Waals surface area contributed by atoms with Crippen molar-refractivity contribution in [3.8, 4) is 6.07 Å². The van der Waals surface area contributed by atoms with Crippen molar-refractivity contribution in [2.75, 3.05) is 50.2 Å². The molecule has 2 N–H and O–H groups in total. The second kappa shape index (κ2) is 12.6. The highest BCUT2D eigenvalue weighted by Crippen LogP contribution is 2.44. The second-order valence-corrected chi connectivity index (χ2v) is 11.1. The maximum atomic E-state index is 13.3. The van der Waals surface area contributed by atoms with Crippen molar-refractivity contribution in [1.29, 1.82) is 5.26 Å². The van der Waals surface area contributed by atoms with Crippen LogP contribution in [0.25, 0.3) is 0 Å². The van der Waals surface area contributed by atoms with Crippen molar-refractivity contribution < 1.29 is 23.9 Å². The first kappa shape index (κ1) is 29.7. The van der Waals surface area contributed by atoms with Crippen LogP contribution in [0.3, 0.4) is 0 Å². The number of rotatable bonds is 6. The molecule has 1 unspecified atom stereocenters. The smallest absolute Gasteiger partial charge is 0.355 e. The van der Waals surface area contributed by atoms with E-state index in [4.69, 9.17) is 26.8 Å². The summed E-state index contributed by atoms with van der Waals surface area (Å²) in [4.78, 5) is 45.2. The van der Waals surface area contributed by atoms with Crippen molar-refractivity contribution in [2.45, 2.75) is 5.92 Å². The molecule has 43 heavy (non-hydrogen) atoms. The molecule has 5 rings (SSSR count). The van der Waals surface area contributed by atoms with E-state index in [2.05, 4.69) is 11.0 Å². The van der Waals surface area contributed by atoms with Gasteiger partial charge in [-0.2, -0.15) is 5.26 Å². The molecule has 0 radical (unpaired) electrons. The van der Waals surface area contributed by atoms with Gasteiger partial charge in [-0.25, -0.2) is 9.59 Å². The van der Waals surface area contributed by atoms with Crippen molar-refractivity contribution in [2.24, 2.45) is 5.73 Å². The quantitative estimate of drug-likeness (QED) is 0.403. The van der Waals surface area contributed by atoms with E-state index >= 15 is 0 Å². The van der Waals surface area contributed by atoms with Crippen molar-refractivity contribution in [1.82, 2.24) is 4.90 Å². The molecule has 0 bridgehead atoms. The number of methoxy groups -OCH3 is 2. The fourth-order valence-electron chi connectivity index (χ4n) is 5.38. The fraction of sp³-hybridized carbons (Fsp3) is 0.226. The number of ether oxygens (including phenoxy) is 2. The Hall–Kier alpha value is -4.79. The average Bonchev–Trinajstić information content (AvgIpc) is 3.59. The van der Waals surface area contributed by atoms with E-state index in [1.54, 1.807) is 48.5 Å². The van der Waals surface area contributed by atoms with Gasteiger partial charge in [-0.15, -0.1) is 11.3 Å². The van der Waals surface area contributed by atoms with Gasteiger partial charge in [-0.1, -0.05) is 48.0 Å². The van der Waals surface area contributed by atoms with E-state index in [9.17, 15) is 19.6 Å². The van der Waals surface area contributed by atoms with Gasteiger partial charge in [0, 0.05) is 31.9 Å². The molecule has 0 spiro atoms. The van der Waals surface area contributed by atoms with Gasteiger partial charge >= 0.3 is 11.9 Å². The number of benzene rings is 2. The minimum Gasteiger partial charge on any atom is -0.466 e. The molecule has 1 amide bonds. The van der Waals surface area contributed by atoms with Crippen molar-refractivity contribution in [3.05, 3.63) is 104 Å². The molecule has 3 aromatic rings. The Labute approximate surface area is 257 Å². The van der Waals surface area contributed by atoms with Crippen LogP contribution in [0.15, 0.2) is 88.7 Å². The highest BCUT2D eigenvalue weighted by molar-refractivity contribution is 7.12. The molecule has 2 aliphatic rings. The summed E-state index contributed by atoms with van der Waals surface area (Å²) in [5, 5.41) is 12.5. The third kappa shape index (κ3) is 5.55. The van der Waals surface area contributed by atoms with Gasteiger partial charge < -0.3 is 25.0 Å². The standard InChI is InChI=1S/C31H28ClN5O5S/c1-41-30(39)26-25(19-7-4-3-5-8-19)21(18-33)28(34)37(27(26)31(40)42-2)20-10-11-23(22(32)17-20)35-12-14-36(15-13-35)29(38)24-9-6-16-43-24/h3-11,16-17,25H,12-15,34H2,1-2H3. The summed E-state index contributed by atoms with van der Waals surface area (Å²) in [6, 6.07) is 19.7. The number of thiophene rings is 1. The Balaban J connectivity index is 1.52. The van der Waals surface area contributed by atoms with Crippen LogP contribution in [0.4, 0.5) is 11.4 Å². The maximum Gasteiger partial charge on any atom is 0.355 e. The third-order valence-corrected chi connectivity index (χ3v) is 8.60. The minimum absolute atomic E-state index is 0.00842. The summed E-state index contributed by atoms with van der Waals surface area (Å²) < 4.78 is 10.2. The summed E-state index contributed by atoms with van der Waals surface area (Å²) in [5.74, 6) is -2.65. The molecule has 2 aromatic carbocycles. The number of halogens is 1. The predicted octanol–water partition coefficient (Wildman–Crippen LogP) is 4.26. The van der Waals surface area contributed by atoms with Crippen molar-refractivity contribution in [3.63, 3.8) is 0 Å². The highest BCUT2D eigenvalue weighted by Gasteiger charge is 2.43. The zero-order valence-corrected chi connectivity index (χ0v) is 25.0. The first-order chi connectivity index (χ1) is 20.8. The third-order valence-electron chi connectivity index (χ3n) is 7.44. The number of allylic oxidation sites excluding steroid dienone is 1. The molecule has 220 valence electrons. The lowest BCUT2D eigenvalue weighted by Gasteiger charge is -2.37. The van der Waals surface area contributed by atoms with E-state index < -0.39 is 17.9 Å². The Morgan fingerprint density at radius 2 is 1.67 bits per heavy atom. The number of hydrogen-bond acceptors (Lipinski definition) is 10. The summed E-state index contributed by atoms with van der Waals surface area (Å²) in [6.07, 6.45) is 0. The number of carbonyl (C=O) groups excluding carboxylic acids is 3. The molecule has 3 heterocycles. The second-order valence-electron chi connectivity index (χ2n) is 9.73. The van der Waals surface area contributed by atoms with Gasteiger partial charge in [0.25, 0.3) is 5.91 Å². The zero-order chi connectivity index (χ0) is 30.7. The van der Waals surface area contributed by atoms with Gasteiger partial charge in [0.2, 0.25) is 0 Å². The molecule has 10 nitrogen and oxygen atoms in total. The maximum absolute atomic E-state index is 13.3. The molecule has 1 fully saturated rings. The molecule has 0 aliphatic carbocycles. The molecule has 1 aromatic heterocycles. The molecule has 1 saturated heterocycles. The van der Waals surface area contributed by atoms with E-state index in [1.807, 2.05) is 22.4 Å². The summed E-state index contributed by atoms with van der Waals surface area (Å²) >= 11 is 8.22. The molecule has 0 saturated carbocycles. The van der Waals surface area contributed by atoms with Crippen LogP contribution >= 0.6 is 22.9 Å². The normalized spacial score (nSPS) is 17.1. The number of nitrogens with zero attached hydrogens (tertiary/aromatic N) is 4. The number of carbonyl (C=O) groups is 3. The van der Waals surface area contributed by atoms with E-state index in [-0.39, 0.29) is 28.6 Å². The summed E-state index contributed by atoms with van der Waals surface area (Å²) in [5.41, 5.74) is 8.05. The number of esters is 2. The summed E-state index contributed by atoms with van der Waals surface area (Å²) in [6.45, 7) is 2.19. The molecular formula is C31H28ClN5O5S. The van der Waals surface area contributed by atoms with Crippen LogP contribution in [0.5, 0.6) is 0 Å². The number of anilines is 2. The van der Waals surface area contributed by atoms with E-state index in [0.717, 1.165) is 5.69 Å². The van der Waals surface area contributed by atoms with Gasteiger partial charge in [0.15, 0.2) is 0 Å². The first-order valence-corrected chi connectivity index (χ1v) is 14.6. The SMILES string of the molecule is COC(=O)C1=C(C(=O)OC)N(c2ccc(N3CCN(C(=O)c4cccs4)CC3)c(Cl)c2)C(N)=C(C#N)C1c1ccccc1. The predicted molar refractivity (Wildman–Crippen MR) is 163 cm³/mol. The van der Waals surface area contributed by atoms with Gasteiger partial charge in [-0.05, 0) is 35.2 Å². The zero-order valence-electron chi connectivity index (χ0n) is 23.5. The Morgan fingerprint density at radius 3 is 2.26 bits per heavy atom. The van der Waals surface area contributed by atoms with Gasteiger partial charge in [0.05, 0.1) is 52.9 Å². The molecule has 1 atom stereocenters. The Bertz CT molecular complexity index is 1660. The molecule has 2 aliphatic heterocycles. The lowest BCUT2D eigenvalue weighted by Crippen LogP contribution is -2.48. The number of nitriles is 1. The Morgan fingerprint density at radius 1 is 0.977 bits per heavy atom. The lowest BCUT2D eigenvalue weighted by molar-refractivity contribution is -0.139. The topological polar surface area (TPSA) is 129 Å². The largest absolute Gasteiger partial charge is 0.466 e. The molecule has 12 heteroatoms. The number of amides is 1. The number of nitrogens with two attached hydrogens (primary N) is 1. The van der Waals surface area contributed by atoms with Crippen LogP contribution in [-0.4, -0.2) is 63.1 Å². The van der Waals surface area contributed by atoms with Crippen LogP contribution in [0, 0.1) is 11.3 Å². The van der Waals surface area contributed by atoms with Crippen molar-refractivity contribution >= 4 is 52.2 Å². The number of piperazine rings is 1. The number of hydrogen-bond donors (Lipinski definition) is 1. The highest BCUT2D eigenvalue weighted by atomic mass is 35.5. The molecular weight excluding hydrogens is 590 g/mol. The van der Waals surface area contributed by atoms with Gasteiger partial charge in [0.1, 0.15) is 11.5 Å². The monoisotopic (exact) mass is 617 g/mol. The Kier molecular flexibility index (Phi) is 8.71. The minimum atomic E-state index is -0.966. The van der Waals surface area contributed by atoms with Crippen LogP contribution in [0.1, 0.15) is 21.2 Å². The van der Waals surface area contributed by atoms with Crippen LogP contribution in [-0.2, 0) is 19.1 Å².